The summed E-state index contributed by atoms with van der Waals surface area (Å²) < 4.78 is 21.8. The van der Waals surface area contributed by atoms with Crippen LogP contribution in [0.5, 0.6) is 0 Å². The molecule has 3 rings (SSSR count). The zero-order chi connectivity index (χ0) is 24.0. The quantitative estimate of drug-likeness (QED) is 0.287. The molecule has 0 aliphatic carbocycles. The third-order valence-electron chi connectivity index (χ3n) is 4.91. The smallest absolute Gasteiger partial charge is 0.410 e. The maximum absolute atomic E-state index is 12.5. The van der Waals surface area contributed by atoms with E-state index in [2.05, 4.69) is 4.40 Å². The van der Waals surface area contributed by atoms with Crippen LogP contribution in [0.3, 0.4) is 0 Å². The molecule has 1 heterocycles. The molecule has 5 nitrogen and oxygen atoms in total. The number of carbonyl (C=O) groups excluding carboxylic acids is 1. The average molecular weight is 483 g/mol. The van der Waals surface area contributed by atoms with Gasteiger partial charge in [-0.05, 0) is 56.5 Å². The highest BCUT2D eigenvalue weighted by Crippen LogP contribution is 2.32. The van der Waals surface area contributed by atoms with Gasteiger partial charge in [-0.2, -0.15) is 0 Å². The van der Waals surface area contributed by atoms with Gasteiger partial charge in [0.05, 0.1) is 4.88 Å². The molecule has 0 saturated heterocycles. The molecule has 0 saturated carbocycles. The van der Waals surface area contributed by atoms with E-state index in [4.69, 9.17) is 4.74 Å². The van der Waals surface area contributed by atoms with Gasteiger partial charge in [0, 0.05) is 18.5 Å². The number of ether oxygens (including phenoxy) is 1. The van der Waals surface area contributed by atoms with E-state index in [-0.39, 0.29) is 12.7 Å². The molecule has 1 aromatic heterocycles. The molecule has 1 atom stereocenters. The van der Waals surface area contributed by atoms with Crippen molar-refractivity contribution in [3.63, 3.8) is 0 Å². The lowest BCUT2D eigenvalue weighted by atomic mass is 10.1. The normalized spacial score (nSPS) is 13.0. The Hall–Kier alpha value is -2.61. The zero-order valence-electron chi connectivity index (χ0n) is 19.7. The van der Waals surface area contributed by atoms with Gasteiger partial charge >= 0.3 is 6.09 Å². The van der Waals surface area contributed by atoms with Gasteiger partial charge in [-0.15, -0.1) is 11.3 Å². The molecule has 0 radical (unpaired) electrons. The second-order valence-electron chi connectivity index (χ2n) is 8.76. The van der Waals surface area contributed by atoms with Crippen molar-refractivity contribution < 1.29 is 14.1 Å². The van der Waals surface area contributed by atoms with Crippen molar-refractivity contribution in [3.05, 3.63) is 82.7 Å². The molecule has 7 heteroatoms. The highest BCUT2D eigenvalue weighted by Gasteiger charge is 2.27. The molecular formula is C26H30N2O3S2. The van der Waals surface area contributed by atoms with Crippen LogP contribution in [-0.2, 0) is 29.3 Å². The summed E-state index contributed by atoms with van der Waals surface area (Å²) in [4.78, 5) is 16.1. The molecule has 3 aromatic rings. The molecule has 174 valence electrons. The maximum Gasteiger partial charge on any atom is 0.410 e. The number of hydrogen-bond acceptors (Lipinski definition) is 5. The predicted molar refractivity (Wildman–Crippen MR) is 138 cm³/mol. The topological polar surface area (TPSA) is 65.0 Å². The number of rotatable bonds is 7. The molecule has 33 heavy (non-hydrogen) atoms. The molecule has 0 N–H and O–H groups in total. The lowest BCUT2D eigenvalue weighted by molar-refractivity contribution is 0.103. The van der Waals surface area contributed by atoms with Gasteiger partial charge in [0.15, 0.2) is 0 Å². The second-order valence-corrected chi connectivity index (χ2v) is 11.7. The number of benzene rings is 2. The average Bonchev–Trinajstić information content (AvgIpc) is 3.28. The molecule has 0 fully saturated rings. The van der Waals surface area contributed by atoms with Gasteiger partial charge in [-0.25, -0.2) is 4.79 Å². The minimum absolute atomic E-state index is 0.245. The Kier molecular flexibility index (Phi) is 8.35. The number of amides is 1. The first-order valence-electron chi connectivity index (χ1n) is 10.7. The standard InChI is InChI=1S/C26H30N2O3S2/c1-19(27-33(30)26(2,3)4)23-15-16-24(32-23)22-14-10-9-13-21(22)17-28(5)25(29)31-18-20-11-7-6-8-12-20/h6-16H,17-18H2,1-5H3/b27-19+. The van der Waals surface area contributed by atoms with Gasteiger partial charge < -0.3 is 14.2 Å². The lowest BCUT2D eigenvalue weighted by Crippen LogP contribution is -2.27. The fourth-order valence-corrected chi connectivity index (χ4v) is 4.72. The fourth-order valence-electron chi connectivity index (χ4n) is 3.03. The third kappa shape index (κ3) is 6.93. The van der Waals surface area contributed by atoms with E-state index in [9.17, 15) is 9.35 Å². The number of carbonyl (C=O) groups is 1. The SMILES string of the molecule is C/C(=N\[S+]([O-])C(C)(C)C)c1ccc(-c2ccccc2CN(C)C(=O)OCc2ccccc2)s1. The summed E-state index contributed by atoms with van der Waals surface area (Å²) >= 11 is 0.304. The van der Waals surface area contributed by atoms with Crippen LogP contribution in [-0.4, -0.2) is 33.1 Å². The zero-order valence-corrected chi connectivity index (χ0v) is 21.3. The number of nitrogens with zero attached hydrogens (tertiary/aromatic N) is 2. The van der Waals surface area contributed by atoms with E-state index in [1.165, 1.54) is 0 Å². The first-order chi connectivity index (χ1) is 15.6. The van der Waals surface area contributed by atoms with Crippen LogP contribution in [0.25, 0.3) is 10.4 Å². The summed E-state index contributed by atoms with van der Waals surface area (Å²) in [5.74, 6) is 0. The summed E-state index contributed by atoms with van der Waals surface area (Å²) in [6, 6.07) is 21.7. The highest BCUT2D eigenvalue weighted by molar-refractivity contribution is 7.91. The van der Waals surface area contributed by atoms with E-state index in [1.54, 1.807) is 23.3 Å². The summed E-state index contributed by atoms with van der Waals surface area (Å²) in [5, 5.41) is 0. The molecule has 0 spiro atoms. The predicted octanol–water partition coefficient (Wildman–Crippen LogP) is 6.45. The van der Waals surface area contributed by atoms with Crippen LogP contribution in [0.15, 0.2) is 71.1 Å². The third-order valence-corrected chi connectivity index (χ3v) is 7.63. The van der Waals surface area contributed by atoms with Crippen molar-refractivity contribution in [1.82, 2.24) is 4.90 Å². The molecule has 0 bridgehead atoms. The lowest BCUT2D eigenvalue weighted by Gasteiger charge is -2.19. The summed E-state index contributed by atoms with van der Waals surface area (Å²) in [6.45, 7) is 8.31. The monoisotopic (exact) mass is 482 g/mol. The van der Waals surface area contributed by atoms with Crippen molar-refractivity contribution in [1.29, 1.82) is 0 Å². The largest absolute Gasteiger partial charge is 0.591 e. The van der Waals surface area contributed by atoms with Crippen LogP contribution >= 0.6 is 11.3 Å². The van der Waals surface area contributed by atoms with Crippen molar-refractivity contribution in [2.75, 3.05) is 7.05 Å². The van der Waals surface area contributed by atoms with Crippen molar-refractivity contribution >= 4 is 34.5 Å². The summed E-state index contributed by atoms with van der Waals surface area (Å²) in [7, 11) is 1.74. The first kappa shape index (κ1) is 25.0. The Morgan fingerprint density at radius 3 is 2.42 bits per heavy atom. The van der Waals surface area contributed by atoms with Crippen molar-refractivity contribution in [3.8, 4) is 10.4 Å². The van der Waals surface area contributed by atoms with E-state index in [0.29, 0.717) is 6.54 Å². The first-order valence-corrected chi connectivity index (χ1v) is 12.6. The number of hydrogen-bond donors (Lipinski definition) is 0. The fraction of sp³-hybridized carbons (Fsp3) is 0.308. The van der Waals surface area contributed by atoms with Crippen LogP contribution in [0.4, 0.5) is 4.79 Å². The van der Waals surface area contributed by atoms with Gasteiger partial charge in [-0.3, -0.25) is 0 Å². The Morgan fingerprint density at radius 2 is 1.73 bits per heavy atom. The number of thiophene rings is 1. The van der Waals surface area contributed by atoms with Gasteiger partial charge in [0.2, 0.25) is 0 Å². The summed E-state index contributed by atoms with van der Waals surface area (Å²) in [6.07, 6.45) is -0.367. The minimum atomic E-state index is -1.30. The Balaban J connectivity index is 1.72. The molecule has 2 aromatic carbocycles. The second kappa shape index (κ2) is 11.0. The van der Waals surface area contributed by atoms with Crippen LogP contribution < -0.4 is 0 Å². The Bertz CT molecular complexity index is 1100. The van der Waals surface area contributed by atoms with Crippen LogP contribution in [0.2, 0.25) is 0 Å². The Morgan fingerprint density at radius 1 is 1.06 bits per heavy atom. The van der Waals surface area contributed by atoms with E-state index in [1.807, 2.05) is 94.4 Å². The van der Waals surface area contributed by atoms with Crippen molar-refractivity contribution in [2.24, 2.45) is 4.40 Å². The van der Waals surface area contributed by atoms with Gasteiger partial charge in [0.1, 0.15) is 28.4 Å². The van der Waals surface area contributed by atoms with E-state index < -0.39 is 16.1 Å². The molecule has 0 aliphatic rings. The van der Waals surface area contributed by atoms with Gasteiger partial charge in [-0.1, -0.05) is 59.0 Å². The van der Waals surface area contributed by atoms with Crippen molar-refractivity contribution in [2.45, 2.75) is 45.6 Å². The molecular weight excluding hydrogens is 452 g/mol. The summed E-state index contributed by atoms with van der Waals surface area (Å²) in [5.41, 5.74) is 3.80. The molecule has 1 unspecified atom stereocenters. The maximum atomic E-state index is 12.5. The molecule has 1 amide bonds. The van der Waals surface area contributed by atoms with E-state index in [0.717, 1.165) is 32.2 Å². The van der Waals surface area contributed by atoms with Gasteiger partial charge in [0.25, 0.3) is 0 Å². The van der Waals surface area contributed by atoms with E-state index >= 15 is 0 Å². The minimum Gasteiger partial charge on any atom is -0.591 e. The molecule has 0 aliphatic heterocycles. The highest BCUT2D eigenvalue weighted by atomic mass is 32.2. The Labute approximate surface area is 203 Å². The van der Waals surface area contributed by atoms with Crippen LogP contribution in [0, 0.1) is 0 Å². The van der Waals surface area contributed by atoms with Crippen LogP contribution in [0.1, 0.15) is 43.7 Å².